The van der Waals surface area contributed by atoms with Gasteiger partial charge in [0.2, 0.25) is 23.6 Å². The van der Waals surface area contributed by atoms with Crippen molar-refractivity contribution in [3.05, 3.63) is 0 Å². The Bertz CT molecular complexity index is 704. The van der Waals surface area contributed by atoms with Gasteiger partial charge in [0, 0.05) is 5.75 Å². The maximum absolute atomic E-state index is 12.5. The van der Waals surface area contributed by atoms with Gasteiger partial charge in [0.15, 0.2) is 0 Å². The number of carboxylic acid groups (broad SMARTS) is 2. The standard InChI is InChI=1S/C17H29N5O8S/c1-3-7(2)13(17(29)30)22-16(28)10(6-31)21-15(27)9(5-12(24)25)20-14(26)8(18)4-11(19)23/h7-10,13,31H,3-6,18H2,1-2H3,(H2,19,23)(H,20,26)(H,21,27)(H,22,28)(H,24,25)(H,29,30). The van der Waals surface area contributed by atoms with E-state index in [2.05, 4.69) is 28.6 Å². The Kier molecular flexibility index (Phi) is 12.2. The molecule has 31 heavy (non-hydrogen) atoms. The van der Waals surface area contributed by atoms with Crippen LogP contribution in [0.2, 0.25) is 0 Å². The summed E-state index contributed by atoms with van der Waals surface area (Å²) in [4.78, 5) is 70.3. The number of primary amides is 1. The van der Waals surface area contributed by atoms with Gasteiger partial charge in [-0.1, -0.05) is 20.3 Å². The SMILES string of the molecule is CCC(C)C(NC(=O)C(CS)NC(=O)C(CC(=O)O)NC(=O)C(N)CC(N)=O)C(=O)O. The summed E-state index contributed by atoms with van der Waals surface area (Å²) in [5.74, 6) is -7.07. The lowest BCUT2D eigenvalue weighted by atomic mass is 9.99. The predicted molar refractivity (Wildman–Crippen MR) is 111 cm³/mol. The van der Waals surface area contributed by atoms with E-state index in [9.17, 15) is 33.9 Å². The molecule has 0 heterocycles. The monoisotopic (exact) mass is 463 g/mol. The van der Waals surface area contributed by atoms with Gasteiger partial charge >= 0.3 is 11.9 Å². The van der Waals surface area contributed by atoms with Crippen molar-refractivity contribution in [3.8, 4) is 0 Å². The highest BCUT2D eigenvalue weighted by Gasteiger charge is 2.32. The molecular weight excluding hydrogens is 434 g/mol. The van der Waals surface area contributed by atoms with Gasteiger partial charge in [-0.25, -0.2) is 4.79 Å². The third-order valence-corrected chi connectivity index (χ3v) is 4.73. The zero-order chi connectivity index (χ0) is 24.3. The zero-order valence-corrected chi connectivity index (χ0v) is 18.1. The topological polar surface area (TPSA) is 231 Å². The molecule has 5 unspecified atom stereocenters. The summed E-state index contributed by atoms with van der Waals surface area (Å²) in [6, 6.07) is -5.55. The summed E-state index contributed by atoms with van der Waals surface area (Å²) in [6.45, 7) is 3.37. The number of nitrogens with two attached hydrogens (primary N) is 2. The predicted octanol–water partition coefficient (Wildman–Crippen LogP) is -2.82. The molecule has 9 N–H and O–H groups in total. The van der Waals surface area contributed by atoms with Crippen LogP contribution in [0.3, 0.4) is 0 Å². The fourth-order valence-electron chi connectivity index (χ4n) is 2.38. The minimum absolute atomic E-state index is 0.237. The summed E-state index contributed by atoms with van der Waals surface area (Å²) < 4.78 is 0. The molecule has 4 amide bonds. The summed E-state index contributed by atoms with van der Waals surface area (Å²) in [6.07, 6.45) is -0.902. The molecule has 14 heteroatoms. The quantitative estimate of drug-likeness (QED) is 0.124. The molecule has 0 spiro atoms. The number of amides is 4. The van der Waals surface area contributed by atoms with E-state index in [1.807, 2.05) is 0 Å². The van der Waals surface area contributed by atoms with E-state index in [0.29, 0.717) is 6.42 Å². The molecule has 0 fully saturated rings. The Hall–Kier alpha value is -2.87. The van der Waals surface area contributed by atoms with E-state index in [1.54, 1.807) is 13.8 Å². The summed E-state index contributed by atoms with van der Waals surface area (Å²) in [5, 5.41) is 24.9. The van der Waals surface area contributed by atoms with Gasteiger partial charge in [-0.3, -0.25) is 24.0 Å². The molecule has 0 aliphatic heterocycles. The van der Waals surface area contributed by atoms with Gasteiger partial charge in [0.25, 0.3) is 0 Å². The third kappa shape index (κ3) is 10.1. The van der Waals surface area contributed by atoms with E-state index in [1.165, 1.54) is 0 Å². The summed E-state index contributed by atoms with van der Waals surface area (Å²) in [7, 11) is 0. The van der Waals surface area contributed by atoms with Gasteiger partial charge < -0.3 is 37.6 Å². The largest absolute Gasteiger partial charge is 0.481 e. The van der Waals surface area contributed by atoms with Gasteiger partial charge in [-0.15, -0.1) is 0 Å². The van der Waals surface area contributed by atoms with E-state index < -0.39 is 78.5 Å². The Morgan fingerprint density at radius 2 is 1.42 bits per heavy atom. The van der Waals surface area contributed by atoms with Crippen LogP contribution >= 0.6 is 12.6 Å². The first-order valence-corrected chi connectivity index (χ1v) is 9.97. The van der Waals surface area contributed by atoms with Crippen molar-refractivity contribution in [1.82, 2.24) is 16.0 Å². The number of carbonyl (C=O) groups excluding carboxylic acids is 4. The molecule has 176 valence electrons. The molecule has 0 saturated heterocycles. The van der Waals surface area contributed by atoms with Gasteiger partial charge in [-0.05, 0) is 5.92 Å². The van der Waals surface area contributed by atoms with Crippen LogP contribution in [0, 0.1) is 5.92 Å². The van der Waals surface area contributed by atoms with Crippen LogP contribution in [0.5, 0.6) is 0 Å². The van der Waals surface area contributed by atoms with Crippen molar-refractivity contribution >= 4 is 48.2 Å². The van der Waals surface area contributed by atoms with Crippen molar-refractivity contribution < 1.29 is 39.0 Å². The number of nitrogens with one attached hydrogen (secondary N) is 3. The fraction of sp³-hybridized carbons (Fsp3) is 0.647. The molecular formula is C17H29N5O8S. The van der Waals surface area contributed by atoms with Gasteiger partial charge in [-0.2, -0.15) is 12.6 Å². The molecule has 0 aromatic heterocycles. The number of aliphatic carboxylic acids is 2. The minimum atomic E-state index is -1.62. The van der Waals surface area contributed by atoms with Crippen LogP contribution in [0.15, 0.2) is 0 Å². The van der Waals surface area contributed by atoms with Crippen molar-refractivity contribution in [2.75, 3.05) is 5.75 Å². The zero-order valence-electron chi connectivity index (χ0n) is 17.2. The van der Waals surface area contributed by atoms with Crippen LogP contribution in [0.4, 0.5) is 0 Å². The number of carbonyl (C=O) groups is 6. The first kappa shape index (κ1) is 28.1. The van der Waals surface area contributed by atoms with Crippen LogP contribution in [0.25, 0.3) is 0 Å². The lowest BCUT2D eigenvalue weighted by Crippen LogP contribution is -2.58. The second-order valence-corrected chi connectivity index (χ2v) is 7.25. The maximum Gasteiger partial charge on any atom is 0.326 e. The molecule has 0 radical (unpaired) electrons. The highest BCUT2D eigenvalue weighted by molar-refractivity contribution is 7.80. The number of rotatable bonds is 14. The second kappa shape index (κ2) is 13.4. The molecule has 0 saturated carbocycles. The normalized spacial score (nSPS) is 15.5. The highest BCUT2D eigenvalue weighted by atomic mass is 32.1. The van der Waals surface area contributed by atoms with E-state index in [-0.39, 0.29) is 5.75 Å². The highest BCUT2D eigenvalue weighted by Crippen LogP contribution is 2.08. The summed E-state index contributed by atoms with van der Waals surface area (Å²) >= 11 is 3.96. The van der Waals surface area contributed by atoms with Gasteiger partial charge in [0.05, 0.1) is 18.9 Å². The molecule has 0 rings (SSSR count). The number of thiol groups is 1. The minimum Gasteiger partial charge on any atom is -0.481 e. The smallest absolute Gasteiger partial charge is 0.326 e. The average Bonchev–Trinajstić information content (AvgIpc) is 2.67. The fourth-order valence-corrected chi connectivity index (χ4v) is 2.63. The van der Waals surface area contributed by atoms with Crippen molar-refractivity contribution in [3.63, 3.8) is 0 Å². The van der Waals surface area contributed by atoms with Crippen LogP contribution in [0.1, 0.15) is 33.1 Å². The number of hydrogen-bond donors (Lipinski definition) is 8. The lowest BCUT2D eigenvalue weighted by molar-refractivity contribution is -0.144. The summed E-state index contributed by atoms with van der Waals surface area (Å²) in [5.41, 5.74) is 10.4. The molecule has 0 aromatic carbocycles. The Morgan fingerprint density at radius 3 is 1.84 bits per heavy atom. The Labute approximate surface area is 184 Å². The molecule has 13 nitrogen and oxygen atoms in total. The molecule has 0 aliphatic rings. The van der Waals surface area contributed by atoms with Crippen molar-refractivity contribution in [1.29, 1.82) is 0 Å². The molecule has 0 bridgehead atoms. The van der Waals surface area contributed by atoms with E-state index in [0.717, 1.165) is 0 Å². The van der Waals surface area contributed by atoms with Gasteiger partial charge in [0.1, 0.15) is 18.1 Å². The Balaban J connectivity index is 5.32. The maximum atomic E-state index is 12.5. The Morgan fingerprint density at radius 1 is 0.903 bits per heavy atom. The van der Waals surface area contributed by atoms with Crippen molar-refractivity contribution in [2.24, 2.45) is 17.4 Å². The number of carboxylic acids is 2. The first-order chi connectivity index (χ1) is 14.3. The third-order valence-electron chi connectivity index (χ3n) is 4.36. The molecule has 5 atom stereocenters. The molecule has 0 aromatic rings. The van der Waals surface area contributed by atoms with E-state index in [4.69, 9.17) is 16.6 Å². The van der Waals surface area contributed by atoms with Crippen molar-refractivity contribution in [2.45, 2.75) is 57.3 Å². The molecule has 0 aliphatic carbocycles. The average molecular weight is 464 g/mol. The first-order valence-electron chi connectivity index (χ1n) is 9.34. The van der Waals surface area contributed by atoms with Crippen LogP contribution < -0.4 is 27.4 Å². The van der Waals surface area contributed by atoms with Crippen LogP contribution in [-0.2, 0) is 28.8 Å². The lowest BCUT2D eigenvalue weighted by Gasteiger charge is -2.25. The number of hydrogen-bond acceptors (Lipinski definition) is 8. The van der Waals surface area contributed by atoms with Crippen LogP contribution in [-0.4, -0.2) is 75.7 Å². The second-order valence-electron chi connectivity index (χ2n) is 6.89. The van der Waals surface area contributed by atoms with E-state index >= 15 is 0 Å².